The molecular weight excluding hydrogens is 244 g/mol. The summed E-state index contributed by atoms with van der Waals surface area (Å²) in [6, 6.07) is 16.8. The van der Waals surface area contributed by atoms with Crippen LogP contribution in [0, 0.1) is 6.92 Å². The van der Waals surface area contributed by atoms with Crippen molar-refractivity contribution >= 4 is 17.5 Å². The molecule has 0 saturated heterocycles. The van der Waals surface area contributed by atoms with Gasteiger partial charge in [0.1, 0.15) is 0 Å². The summed E-state index contributed by atoms with van der Waals surface area (Å²) in [6.45, 7) is 2.96. The molecule has 2 aromatic rings. The second kappa shape index (κ2) is 6.80. The summed E-state index contributed by atoms with van der Waals surface area (Å²) in [5, 5.41) is 3.42. The molecule has 0 aliphatic rings. The Kier molecular flexibility index (Phi) is 4.83. The van der Waals surface area contributed by atoms with Crippen LogP contribution in [0.3, 0.4) is 0 Å². The molecule has 2 heteroatoms. The molecule has 0 bridgehead atoms. The summed E-state index contributed by atoms with van der Waals surface area (Å²) >= 11 is 0. The van der Waals surface area contributed by atoms with Gasteiger partial charge in [0.25, 0.3) is 0 Å². The van der Waals surface area contributed by atoms with Gasteiger partial charge in [0.2, 0.25) is 0 Å². The van der Waals surface area contributed by atoms with E-state index in [9.17, 15) is 0 Å². The van der Waals surface area contributed by atoms with Crippen molar-refractivity contribution in [3.8, 4) is 0 Å². The van der Waals surface area contributed by atoms with Gasteiger partial charge in [-0.2, -0.15) is 0 Å². The first kappa shape index (κ1) is 14.2. The molecule has 0 aliphatic heterocycles. The van der Waals surface area contributed by atoms with Gasteiger partial charge >= 0.3 is 0 Å². The van der Waals surface area contributed by atoms with E-state index in [1.165, 1.54) is 16.8 Å². The fourth-order valence-corrected chi connectivity index (χ4v) is 2.14. The van der Waals surface area contributed by atoms with Gasteiger partial charge < -0.3 is 10.2 Å². The first-order valence-electron chi connectivity index (χ1n) is 6.90. The number of nitrogens with one attached hydrogen (secondary N) is 1. The lowest BCUT2D eigenvalue weighted by atomic mass is 10.1. The molecule has 0 unspecified atom stereocenters. The summed E-state index contributed by atoms with van der Waals surface area (Å²) in [4.78, 5) is 2.14. The molecule has 2 nitrogen and oxygen atoms in total. The predicted octanol–water partition coefficient (Wildman–Crippen LogP) is 4.19. The third-order valence-electron chi connectivity index (χ3n) is 3.22. The van der Waals surface area contributed by atoms with Gasteiger partial charge in [-0.3, -0.25) is 0 Å². The van der Waals surface area contributed by atoms with Crippen molar-refractivity contribution < 1.29 is 0 Å². The van der Waals surface area contributed by atoms with Gasteiger partial charge in [0.15, 0.2) is 0 Å². The summed E-state index contributed by atoms with van der Waals surface area (Å²) in [5.74, 6) is 0. The summed E-state index contributed by atoms with van der Waals surface area (Å²) in [7, 11) is 4.14. The van der Waals surface area contributed by atoms with Crippen LogP contribution in [-0.2, 0) is 0 Å². The number of nitrogens with zero attached hydrogens (tertiary/aromatic N) is 1. The number of hydrogen-bond donors (Lipinski definition) is 1. The minimum atomic E-state index is 0.824. The standard InChI is InChI=1S/C18H22N2/c1-15-11-12-17(14-18(15)20(2)3)19-13-7-10-16-8-5-4-6-9-16/h4-12,14,19H,13H2,1-3H3/b10-7+. The Morgan fingerprint density at radius 2 is 1.80 bits per heavy atom. The van der Waals surface area contributed by atoms with Crippen LogP contribution < -0.4 is 10.2 Å². The van der Waals surface area contributed by atoms with E-state index in [-0.39, 0.29) is 0 Å². The lowest BCUT2D eigenvalue weighted by Gasteiger charge is -2.17. The van der Waals surface area contributed by atoms with Crippen molar-refractivity contribution in [3.63, 3.8) is 0 Å². The summed E-state index contributed by atoms with van der Waals surface area (Å²) < 4.78 is 0. The molecule has 0 radical (unpaired) electrons. The number of rotatable bonds is 5. The Hall–Kier alpha value is -2.22. The van der Waals surface area contributed by atoms with E-state index in [4.69, 9.17) is 0 Å². The average molecular weight is 266 g/mol. The third-order valence-corrected chi connectivity index (χ3v) is 3.22. The highest BCUT2D eigenvalue weighted by molar-refractivity contribution is 5.62. The quantitative estimate of drug-likeness (QED) is 0.873. The monoisotopic (exact) mass is 266 g/mol. The molecule has 0 atom stereocenters. The molecule has 0 aromatic heterocycles. The van der Waals surface area contributed by atoms with Gasteiger partial charge in [-0.1, -0.05) is 48.6 Å². The number of anilines is 2. The fourth-order valence-electron chi connectivity index (χ4n) is 2.14. The Morgan fingerprint density at radius 1 is 1.05 bits per heavy atom. The first-order chi connectivity index (χ1) is 9.66. The molecule has 0 amide bonds. The van der Waals surface area contributed by atoms with E-state index >= 15 is 0 Å². The molecule has 2 aromatic carbocycles. The average Bonchev–Trinajstić information content (AvgIpc) is 2.46. The predicted molar refractivity (Wildman–Crippen MR) is 89.5 cm³/mol. The molecule has 20 heavy (non-hydrogen) atoms. The van der Waals surface area contributed by atoms with Crippen molar-refractivity contribution in [2.24, 2.45) is 0 Å². The van der Waals surface area contributed by atoms with Crippen LogP contribution in [0.1, 0.15) is 11.1 Å². The van der Waals surface area contributed by atoms with Crippen molar-refractivity contribution in [1.29, 1.82) is 0 Å². The van der Waals surface area contributed by atoms with Crippen LogP contribution >= 0.6 is 0 Å². The van der Waals surface area contributed by atoms with Crippen LogP contribution in [0.25, 0.3) is 6.08 Å². The second-order valence-corrected chi connectivity index (χ2v) is 5.09. The van der Waals surface area contributed by atoms with E-state index in [2.05, 4.69) is 85.9 Å². The van der Waals surface area contributed by atoms with E-state index < -0.39 is 0 Å². The van der Waals surface area contributed by atoms with Gasteiger partial charge in [-0.05, 0) is 30.2 Å². The smallest absolute Gasteiger partial charge is 0.0411 e. The number of hydrogen-bond acceptors (Lipinski definition) is 2. The molecule has 0 saturated carbocycles. The fraction of sp³-hybridized carbons (Fsp3) is 0.222. The van der Waals surface area contributed by atoms with Crippen molar-refractivity contribution in [2.45, 2.75) is 6.92 Å². The zero-order valence-electron chi connectivity index (χ0n) is 12.4. The van der Waals surface area contributed by atoms with Gasteiger partial charge in [0, 0.05) is 32.0 Å². The Labute approximate surface area is 121 Å². The van der Waals surface area contributed by atoms with Crippen LogP contribution in [-0.4, -0.2) is 20.6 Å². The van der Waals surface area contributed by atoms with Gasteiger partial charge in [-0.15, -0.1) is 0 Å². The maximum absolute atomic E-state index is 3.42. The Bertz CT molecular complexity index is 571. The van der Waals surface area contributed by atoms with Crippen LogP contribution in [0.4, 0.5) is 11.4 Å². The molecule has 0 fully saturated rings. The number of aryl methyl sites for hydroxylation is 1. The largest absolute Gasteiger partial charge is 0.382 e. The lowest BCUT2D eigenvalue weighted by molar-refractivity contribution is 1.11. The SMILES string of the molecule is Cc1ccc(NC/C=C/c2ccccc2)cc1N(C)C. The third kappa shape index (κ3) is 3.89. The molecule has 0 spiro atoms. The Morgan fingerprint density at radius 3 is 2.50 bits per heavy atom. The summed E-state index contributed by atoms with van der Waals surface area (Å²) in [6.07, 6.45) is 4.28. The molecule has 0 heterocycles. The van der Waals surface area contributed by atoms with Crippen LogP contribution in [0.5, 0.6) is 0 Å². The maximum Gasteiger partial charge on any atom is 0.0411 e. The van der Waals surface area contributed by atoms with Gasteiger partial charge in [0.05, 0.1) is 0 Å². The lowest BCUT2D eigenvalue weighted by Crippen LogP contribution is -2.10. The number of benzene rings is 2. The van der Waals surface area contributed by atoms with Gasteiger partial charge in [-0.25, -0.2) is 0 Å². The Balaban J connectivity index is 1.94. The zero-order valence-corrected chi connectivity index (χ0v) is 12.4. The van der Waals surface area contributed by atoms with E-state index in [0.29, 0.717) is 0 Å². The minimum Gasteiger partial charge on any atom is -0.382 e. The van der Waals surface area contributed by atoms with Crippen molar-refractivity contribution in [2.75, 3.05) is 30.9 Å². The van der Waals surface area contributed by atoms with Crippen LogP contribution in [0.15, 0.2) is 54.6 Å². The van der Waals surface area contributed by atoms with E-state index in [0.717, 1.165) is 12.2 Å². The second-order valence-electron chi connectivity index (χ2n) is 5.09. The molecule has 0 aliphatic carbocycles. The highest BCUT2D eigenvalue weighted by atomic mass is 15.1. The molecule has 1 N–H and O–H groups in total. The summed E-state index contributed by atoms with van der Waals surface area (Å²) in [5.41, 5.74) is 4.92. The normalized spacial score (nSPS) is 10.8. The van der Waals surface area contributed by atoms with E-state index in [1.807, 2.05) is 6.07 Å². The molecule has 104 valence electrons. The zero-order chi connectivity index (χ0) is 14.4. The highest BCUT2D eigenvalue weighted by Crippen LogP contribution is 2.22. The topological polar surface area (TPSA) is 15.3 Å². The molecular formula is C18H22N2. The van der Waals surface area contributed by atoms with E-state index in [1.54, 1.807) is 0 Å². The first-order valence-corrected chi connectivity index (χ1v) is 6.90. The molecule has 2 rings (SSSR count). The maximum atomic E-state index is 3.42. The van der Waals surface area contributed by atoms with Crippen molar-refractivity contribution in [1.82, 2.24) is 0 Å². The van der Waals surface area contributed by atoms with Crippen LogP contribution in [0.2, 0.25) is 0 Å². The van der Waals surface area contributed by atoms with Crippen molar-refractivity contribution in [3.05, 3.63) is 65.7 Å². The minimum absolute atomic E-state index is 0.824. The highest BCUT2D eigenvalue weighted by Gasteiger charge is 2.01.